The number of anilines is 1. The van der Waals surface area contributed by atoms with Crippen LogP contribution in [-0.2, 0) is 10.0 Å². The van der Waals surface area contributed by atoms with Crippen LogP contribution in [0.25, 0.3) is 16.6 Å². The lowest BCUT2D eigenvalue weighted by molar-refractivity contribution is -0.395. The summed E-state index contributed by atoms with van der Waals surface area (Å²) in [5.41, 5.74) is -0.845. The first-order valence-electron chi connectivity index (χ1n) is 10.0. The molecule has 4 rings (SSSR count). The molecule has 0 saturated carbocycles. The van der Waals surface area contributed by atoms with Gasteiger partial charge in [0.05, 0.1) is 26.4 Å². The lowest BCUT2D eigenvalue weighted by atomic mass is 10.1. The molecule has 0 bridgehead atoms. The van der Waals surface area contributed by atoms with Crippen molar-refractivity contribution in [1.82, 2.24) is 9.55 Å². The molecular formula is C22H17N5O7S. The number of nitro groups is 2. The van der Waals surface area contributed by atoms with E-state index >= 15 is 0 Å². The maximum atomic E-state index is 13.0. The maximum Gasteiger partial charge on any atom is 0.280 e. The molecule has 0 aliphatic carbocycles. The molecule has 1 N–H and O–H groups in total. The number of nitrogens with zero attached hydrogens (tertiary/aromatic N) is 4. The summed E-state index contributed by atoms with van der Waals surface area (Å²) < 4.78 is 29.3. The van der Waals surface area contributed by atoms with Gasteiger partial charge in [-0.2, -0.15) is 0 Å². The highest BCUT2D eigenvalue weighted by atomic mass is 32.2. The fourth-order valence-electron chi connectivity index (χ4n) is 3.63. The van der Waals surface area contributed by atoms with Crippen LogP contribution < -0.4 is 10.3 Å². The van der Waals surface area contributed by atoms with Gasteiger partial charge in [-0.15, -0.1) is 0 Å². The predicted octanol–water partition coefficient (Wildman–Crippen LogP) is 3.62. The van der Waals surface area contributed by atoms with Crippen LogP contribution in [0.15, 0.2) is 70.4 Å². The molecule has 0 saturated heterocycles. The normalized spacial score (nSPS) is 11.4. The molecule has 13 heteroatoms. The van der Waals surface area contributed by atoms with E-state index in [-0.39, 0.29) is 16.8 Å². The van der Waals surface area contributed by atoms with Crippen LogP contribution in [-0.4, -0.2) is 27.8 Å². The van der Waals surface area contributed by atoms with Crippen molar-refractivity contribution in [3.05, 3.63) is 103 Å². The lowest BCUT2D eigenvalue weighted by Gasteiger charge is -2.13. The summed E-state index contributed by atoms with van der Waals surface area (Å²) in [6.07, 6.45) is 0. The number of rotatable bonds is 6. The van der Waals surface area contributed by atoms with E-state index in [1.54, 1.807) is 31.2 Å². The highest BCUT2D eigenvalue weighted by Crippen LogP contribution is 2.32. The second-order valence-electron chi connectivity index (χ2n) is 7.57. The van der Waals surface area contributed by atoms with Gasteiger partial charge < -0.3 is 0 Å². The second kappa shape index (κ2) is 8.61. The minimum Gasteiger partial charge on any atom is -0.280 e. The Morgan fingerprint density at radius 1 is 0.914 bits per heavy atom. The number of benzene rings is 3. The number of aryl methyl sites for hydroxylation is 1. The Labute approximate surface area is 197 Å². The summed E-state index contributed by atoms with van der Waals surface area (Å²) in [7, 11) is -4.40. The number of nitrogens with one attached hydrogen (secondary N) is 1. The Morgan fingerprint density at radius 2 is 1.49 bits per heavy atom. The van der Waals surface area contributed by atoms with E-state index in [1.807, 2.05) is 0 Å². The molecule has 0 aliphatic rings. The number of nitro benzene ring substituents is 2. The van der Waals surface area contributed by atoms with Gasteiger partial charge in [0.25, 0.3) is 27.0 Å². The second-order valence-corrected chi connectivity index (χ2v) is 9.25. The number of fused-ring (bicyclic) bond motifs is 1. The zero-order valence-corrected chi connectivity index (χ0v) is 19.1. The van der Waals surface area contributed by atoms with Crippen molar-refractivity contribution in [3.63, 3.8) is 0 Å². The van der Waals surface area contributed by atoms with Gasteiger partial charge in [-0.25, -0.2) is 13.4 Å². The molecule has 35 heavy (non-hydrogen) atoms. The molecule has 0 atom stereocenters. The Balaban J connectivity index is 1.71. The van der Waals surface area contributed by atoms with E-state index in [1.165, 1.54) is 35.8 Å². The van der Waals surface area contributed by atoms with Crippen molar-refractivity contribution in [2.75, 3.05) is 4.72 Å². The fourth-order valence-corrected chi connectivity index (χ4v) is 4.73. The molecule has 0 radical (unpaired) electrons. The first-order chi connectivity index (χ1) is 16.5. The minimum atomic E-state index is -4.40. The van der Waals surface area contributed by atoms with E-state index in [0.29, 0.717) is 22.4 Å². The van der Waals surface area contributed by atoms with Crippen LogP contribution in [0, 0.1) is 34.1 Å². The highest BCUT2D eigenvalue weighted by molar-refractivity contribution is 7.92. The smallest absolute Gasteiger partial charge is 0.280 e. The Bertz CT molecular complexity index is 1640. The molecule has 12 nitrogen and oxygen atoms in total. The zero-order chi connectivity index (χ0) is 25.5. The molecule has 178 valence electrons. The van der Waals surface area contributed by atoms with Gasteiger partial charge in [-0.3, -0.25) is 34.3 Å². The third-order valence-electron chi connectivity index (χ3n) is 5.35. The van der Waals surface area contributed by atoms with E-state index in [9.17, 15) is 33.4 Å². The molecule has 4 aromatic rings. The van der Waals surface area contributed by atoms with E-state index in [4.69, 9.17) is 0 Å². The Morgan fingerprint density at radius 3 is 2.06 bits per heavy atom. The highest BCUT2D eigenvalue weighted by Gasteiger charge is 2.28. The molecule has 1 aromatic heterocycles. The van der Waals surface area contributed by atoms with Gasteiger partial charge in [0.15, 0.2) is 0 Å². The van der Waals surface area contributed by atoms with Crippen molar-refractivity contribution >= 4 is 38.0 Å². The van der Waals surface area contributed by atoms with E-state index in [0.717, 1.165) is 12.1 Å². The Kier molecular flexibility index (Phi) is 5.78. The quantitative estimate of drug-likeness (QED) is 0.312. The topological polar surface area (TPSA) is 167 Å². The number of sulfonamides is 1. The number of para-hydroxylation sites is 1. The standard InChI is InChI=1S/C22H17N5O7S/c1-13-20(26(29)30)11-17(12-21(13)27(31)32)35(33,34)24-15-7-9-16(10-8-15)25-14(2)23-19-6-4-3-5-18(19)22(25)28/h3-12,24H,1-2H3. The van der Waals surface area contributed by atoms with Crippen LogP contribution in [0.2, 0.25) is 0 Å². The van der Waals surface area contributed by atoms with E-state index in [2.05, 4.69) is 9.71 Å². The summed E-state index contributed by atoms with van der Waals surface area (Å²) in [6.45, 7) is 2.84. The third kappa shape index (κ3) is 4.31. The van der Waals surface area contributed by atoms with Gasteiger partial charge in [0.2, 0.25) is 0 Å². The minimum absolute atomic E-state index is 0.0825. The van der Waals surface area contributed by atoms with Crippen molar-refractivity contribution in [1.29, 1.82) is 0 Å². The SMILES string of the molecule is Cc1c([N+](=O)[O-])cc(S(=O)(=O)Nc2ccc(-n3c(C)nc4ccccc4c3=O)cc2)cc1[N+](=O)[O-]. The van der Waals surface area contributed by atoms with Gasteiger partial charge >= 0.3 is 0 Å². The third-order valence-corrected chi connectivity index (χ3v) is 6.71. The van der Waals surface area contributed by atoms with Gasteiger partial charge in [0, 0.05) is 17.8 Å². The molecule has 0 aliphatic heterocycles. The van der Waals surface area contributed by atoms with Crippen LogP contribution >= 0.6 is 0 Å². The summed E-state index contributed by atoms with van der Waals surface area (Å²) in [5, 5.41) is 23.0. The zero-order valence-electron chi connectivity index (χ0n) is 18.3. The van der Waals surface area contributed by atoms with Crippen LogP contribution in [0.3, 0.4) is 0 Å². The van der Waals surface area contributed by atoms with Gasteiger partial charge in [-0.05, 0) is 50.2 Å². The first-order valence-corrected chi connectivity index (χ1v) is 11.5. The van der Waals surface area contributed by atoms with Crippen molar-refractivity contribution in [3.8, 4) is 5.69 Å². The largest absolute Gasteiger partial charge is 0.280 e. The molecule has 0 fully saturated rings. The van der Waals surface area contributed by atoms with Crippen molar-refractivity contribution in [2.45, 2.75) is 18.7 Å². The maximum absolute atomic E-state index is 13.0. The number of hydrogen-bond donors (Lipinski definition) is 1. The van der Waals surface area contributed by atoms with Gasteiger partial charge in [0.1, 0.15) is 16.3 Å². The molecule has 3 aromatic carbocycles. The van der Waals surface area contributed by atoms with Crippen molar-refractivity contribution < 1.29 is 18.3 Å². The fraction of sp³-hybridized carbons (Fsp3) is 0.0909. The summed E-state index contributed by atoms with van der Waals surface area (Å²) in [6, 6.07) is 14.2. The summed E-state index contributed by atoms with van der Waals surface area (Å²) in [4.78, 5) is 37.5. The average Bonchev–Trinajstić information content (AvgIpc) is 2.79. The monoisotopic (exact) mass is 495 g/mol. The first kappa shape index (κ1) is 23.5. The van der Waals surface area contributed by atoms with Crippen molar-refractivity contribution in [2.24, 2.45) is 0 Å². The van der Waals surface area contributed by atoms with Gasteiger partial charge in [-0.1, -0.05) is 12.1 Å². The lowest BCUT2D eigenvalue weighted by Crippen LogP contribution is -2.22. The predicted molar refractivity (Wildman–Crippen MR) is 127 cm³/mol. The Hall–Kier alpha value is -4.65. The molecule has 0 amide bonds. The summed E-state index contributed by atoms with van der Waals surface area (Å²) in [5.74, 6) is 0.432. The van der Waals surface area contributed by atoms with E-state index < -0.39 is 36.1 Å². The van der Waals surface area contributed by atoms with Crippen LogP contribution in [0.4, 0.5) is 17.1 Å². The number of aromatic nitrogens is 2. The number of hydrogen-bond acceptors (Lipinski definition) is 8. The molecular weight excluding hydrogens is 478 g/mol. The molecule has 0 unspecified atom stereocenters. The molecule has 1 heterocycles. The molecule has 0 spiro atoms. The van der Waals surface area contributed by atoms with Crippen LogP contribution in [0.5, 0.6) is 0 Å². The summed E-state index contributed by atoms with van der Waals surface area (Å²) >= 11 is 0. The average molecular weight is 495 g/mol. The van der Waals surface area contributed by atoms with Crippen LogP contribution in [0.1, 0.15) is 11.4 Å².